The van der Waals surface area contributed by atoms with Crippen LogP contribution in [-0.2, 0) is 9.59 Å². The van der Waals surface area contributed by atoms with Crippen molar-refractivity contribution in [1.82, 2.24) is 10.9 Å². The summed E-state index contributed by atoms with van der Waals surface area (Å²) in [6.45, 7) is 4.39. The molecule has 0 bridgehead atoms. The monoisotopic (exact) mass is 473 g/mol. The topological polar surface area (TPSA) is 95.1 Å². The molecule has 8 nitrogen and oxygen atoms in total. The van der Waals surface area contributed by atoms with Crippen LogP contribution in [0.15, 0.2) is 41.4 Å². The predicted molar refractivity (Wildman–Crippen MR) is 128 cm³/mol. The molecule has 3 N–H and O–H groups in total. The van der Waals surface area contributed by atoms with Gasteiger partial charge in [0.2, 0.25) is 11.8 Å². The minimum absolute atomic E-state index is 0.102. The predicted octanol–water partition coefficient (Wildman–Crippen LogP) is 3.09. The number of fused-ring (bicyclic) bond motifs is 1. The number of carbonyl (C=O) groups is 2. The Labute approximate surface area is 195 Å². The fraction of sp³-hybridized carbons (Fsp3) is 0.318. The number of nitrogens with one attached hydrogen (secondary N) is 3. The summed E-state index contributed by atoms with van der Waals surface area (Å²) in [6.07, 6.45) is -0.378. The molecular formula is C22H24ClN5O3S. The van der Waals surface area contributed by atoms with Crippen molar-refractivity contribution in [2.75, 3.05) is 29.6 Å². The van der Waals surface area contributed by atoms with Crippen LogP contribution in [0.3, 0.4) is 0 Å². The largest absolute Gasteiger partial charge is 0.495 e. The quantitative estimate of drug-likeness (QED) is 0.617. The summed E-state index contributed by atoms with van der Waals surface area (Å²) in [5, 5.41) is 3.77. The third kappa shape index (κ3) is 4.61. The van der Waals surface area contributed by atoms with Gasteiger partial charge in [-0.25, -0.2) is 10.4 Å². The van der Waals surface area contributed by atoms with Gasteiger partial charge < -0.3 is 10.1 Å². The highest BCUT2D eigenvalue weighted by atomic mass is 35.5. The van der Waals surface area contributed by atoms with Crippen LogP contribution < -0.4 is 25.8 Å². The van der Waals surface area contributed by atoms with Gasteiger partial charge in [0.15, 0.2) is 5.17 Å². The van der Waals surface area contributed by atoms with Crippen LogP contribution in [0.25, 0.3) is 0 Å². The number of methoxy groups -OCH3 is 1. The smallest absolute Gasteiger partial charge is 0.241 e. The van der Waals surface area contributed by atoms with E-state index in [0.29, 0.717) is 28.2 Å². The number of halogens is 1. The Morgan fingerprint density at radius 2 is 2.12 bits per heavy atom. The lowest BCUT2D eigenvalue weighted by Gasteiger charge is -2.32. The molecule has 0 spiro atoms. The van der Waals surface area contributed by atoms with E-state index in [1.54, 1.807) is 18.2 Å². The first-order chi connectivity index (χ1) is 15.4. The van der Waals surface area contributed by atoms with E-state index in [-0.39, 0.29) is 29.7 Å². The first-order valence-electron chi connectivity index (χ1n) is 10.1. The van der Waals surface area contributed by atoms with E-state index in [0.717, 1.165) is 16.8 Å². The van der Waals surface area contributed by atoms with E-state index in [1.165, 1.54) is 23.8 Å². The maximum absolute atomic E-state index is 13.3. The number of hydrogen-bond acceptors (Lipinski definition) is 7. The fourth-order valence-corrected chi connectivity index (χ4v) is 4.68. The van der Waals surface area contributed by atoms with E-state index in [9.17, 15) is 9.59 Å². The highest BCUT2D eigenvalue weighted by Crippen LogP contribution is 2.34. The molecule has 1 fully saturated rings. The van der Waals surface area contributed by atoms with Gasteiger partial charge in [0.25, 0.3) is 0 Å². The molecule has 168 valence electrons. The zero-order valence-corrected chi connectivity index (χ0v) is 19.5. The normalized spacial score (nSPS) is 20.1. The minimum atomic E-state index is -0.378. The maximum atomic E-state index is 13.3. The van der Waals surface area contributed by atoms with E-state index in [2.05, 4.69) is 16.2 Å². The zero-order chi connectivity index (χ0) is 22.8. The number of anilines is 2. The van der Waals surface area contributed by atoms with Gasteiger partial charge in [-0.1, -0.05) is 35.5 Å². The van der Waals surface area contributed by atoms with Crippen molar-refractivity contribution in [1.29, 1.82) is 0 Å². The number of amidine groups is 1. The fourth-order valence-electron chi connectivity index (χ4n) is 3.59. The number of benzene rings is 2. The molecule has 1 saturated heterocycles. The Morgan fingerprint density at radius 1 is 1.31 bits per heavy atom. The molecule has 2 unspecified atom stereocenters. The van der Waals surface area contributed by atoms with Gasteiger partial charge in [-0.05, 0) is 49.2 Å². The van der Waals surface area contributed by atoms with Crippen LogP contribution in [0.5, 0.6) is 5.75 Å². The summed E-state index contributed by atoms with van der Waals surface area (Å²) in [7, 11) is 1.53. The van der Waals surface area contributed by atoms with Crippen molar-refractivity contribution in [2.45, 2.75) is 20.0 Å². The molecule has 4 rings (SSSR count). The number of ether oxygens (including phenoxy) is 1. The lowest BCUT2D eigenvalue weighted by atomic mass is 10.0. The van der Waals surface area contributed by atoms with Gasteiger partial charge >= 0.3 is 0 Å². The minimum Gasteiger partial charge on any atom is -0.495 e. The number of hydrazine groups is 1. The van der Waals surface area contributed by atoms with Crippen molar-refractivity contribution in [2.24, 2.45) is 10.9 Å². The number of thioether (sulfide) groups is 1. The van der Waals surface area contributed by atoms with Crippen molar-refractivity contribution < 1.29 is 14.3 Å². The summed E-state index contributed by atoms with van der Waals surface area (Å²) >= 11 is 7.51. The molecule has 2 aliphatic heterocycles. The van der Waals surface area contributed by atoms with Crippen molar-refractivity contribution in [3.05, 3.63) is 52.5 Å². The highest BCUT2D eigenvalue weighted by Gasteiger charge is 2.42. The van der Waals surface area contributed by atoms with Crippen LogP contribution in [0.1, 0.15) is 11.1 Å². The molecule has 32 heavy (non-hydrogen) atoms. The summed E-state index contributed by atoms with van der Waals surface area (Å²) < 4.78 is 5.22. The standard InChI is InChI=1S/C22H24ClN5O3S/c1-12-4-5-13(2)17(8-12)25-19(29)11-32-22-26-20-15(10-24-27-20)21(30)28(22)14-6-7-18(31-3)16(23)9-14/h4-9,15,20,24,27H,10-11H2,1-3H3,(H,25,29). The van der Waals surface area contributed by atoms with Crippen molar-refractivity contribution >= 4 is 51.7 Å². The number of hydrogen-bond donors (Lipinski definition) is 3. The molecule has 0 aliphatic carbocycles. The molecular weight excluding hydrogens is 450 g/mol. The average molecular weight is 474 g/mol. The van der Waals surface area contributed by atoms with Gasteiger partial charge in [0, 0.05) is 12.2 Å². The van der Waals surface area contributed by atoms with Gasteiger partial charge in [-0.15, -0.1) is 0 Å². The van der Waals surface area contributed by atoms with Crippen LogP contribution in [0.4, 0.5) is 11.4 Å². The Bertz CT molecular complexity index is 1090. The van der Waals surface area contributed by atoms with Gasteiger partial charge in [-0.2, -0.15) is 0 Å². The van der Waals surface area contributed by atoms with Crippen LogP contribution >= 0.6 is 23.4 Å². The summed E-state index contributed by atoms with van der Waals surface area (Å²) in [4.78, 5) is 32.1. The Hall–Kier alpha value is -2.59. The molecule has 2 aromatic rings. The molecule has 2 amide bonds. The first-order valence-corrected chi connectivity index (χ1v) is 11.5. The number of aryl methyl sites for hydroxylation is 2. The summed E-state index contributed by atoms with van der Waals surface area (Å²) in [6, 6.07) is 11.0. The van der Waals surface area contributed by atoms with Gasteiger partial charge in [-0.3, -0.25) is 19.9 Å². The second kappa shape index (κ2) is 9.50. The Balaban J connectivity index is 1.55. The van der Waals surface area contributed by atoms with E-state index in [4.69, 9.17) is 21.3 Å². The first kappa shape index (κ1) is 22.6. The van der Waals surface area contributed by atoms with E-state index >= 15 is 0 Å². The third-order valence-electron chi connectivity index (χ3n) is 5.32. The second-order valence-electron chi connectivity index (χ2n) is 7.64. The van der Waals surface area contributed by atoms with E-state index < -0.39 is 0 Å². The lowest BCUT2D eigenvalue weighted by molar-refractivity contribution is -0.121. The molecule has 10 heteroatoms. The average Bonchev–Trinajstić information content (AvgIpc) is 3.24. The number of rotatable bonds is 5. The summed E-state index contributed by atoms with van der Waals surface area (Å²) in [5.74, 6) is -0.0117. The van der Waals surface area contributed by atoms with Crippen LogP contribution in [-0.4, -0.2) is 42.6 Å². The number of amides is 2. The van der Waals surface area contributed by atoms with Crippen molar-refractivity contribution in [3.8, 4) is 5.75 Å². The molecule has 2 aromatic carbocycles. The number of nitrogens with zero attached hydrogens (tertiary/aromatic N) is 2. The Kier molecular flexibility index (Phi) is 6.71. The van der Waals surface area contributed by atoms with Crippen LogP contribution in [0.2, 0.25) is 5.02 Å². The van der Waals surface area contributed by atoms with Crippen LogP contribution in [0, 0.1) is 19.8 Å². The molecule has 0 saturated carbocycles. The second-order valence-corrected chi connectivity index (χ2v) is 8.99. The lowest BCUT2D eigenvalue weighted by Crippen LogP contribution is -2.49. The summed E-state index contributed by atoms with van der Waals surface area (Å²) in [5.41, 5.74) is 9.40. The van der Waals surface area contributed by atoms with Gasteiger partial charge in [0.05, 0.1) is 29.5 Å². The SMILES string of the molecule is COc1ccc(N2C(=O)C3CNNC3N=C2SCC(=O)Nc2cc(C)ccc2C)cc1Cl. The molecule has 0 aromatic heterocycles. The van der Waals surface area contributed by atoms with Gasteiger partial charge in [0.1, 0.15) is 11.9 Å². The third-order valence-corrected chi connectivity index (χ3v) is 6.57. The Morgan fingerprint density at radius 3 is 2.88 bits per heavy atom. The molecule has 2 aliphatic rings. The number of aliphatic imine (C=N–C) groups is 1. The maximum Gasteiger partial charge on any atom is 0.241 e. The van der Waals surface area contributed by atoms with E-state index in [1.807, 2.05) is 32.0 Å². The molecule has 0 radical (unpaired) electrons. The van der Waals surface area contributed by atoms with Crippen molar-refractivity contribution in [3.63, 3.8) is 0 Å². The zero-order valence-electron chi connectivity index (χ0n) is 17.9. The number of carbonyl (C=O) groups excluding carboxylic acids is 2. The molecule has 2 atom stereocenters. The molecule has 2 heterocycles. The highest BCUT2D eigenvalue weighted by molar-refractivity contribution is 8.14.